The van der Waals surface area contributed by atoms with Crippen molar-refractivity contribution in [3.63, 3.8) is 0 Å². The first kappa shape index (κ1) is 12.7. The van der Waals surface area contributed by atoms with Gasteiger partial charge in [-0.05, 0) is 16.7 Å². The summed E-state index contributed by atoms with van der Waals surface area (Å²) in [6, 6.07) is 18.3. The third kappa shape index (κ3) is 2.50. The molecule has 2 heteroatoms. The van der Waals surface area contributed by atoms with E-state index in [1.807, 2.05) is 36.4 Å². The van der Waals surface area contributed by atoms with Crippen LogP contribution in [0.25, 0.3) is 11.6 Å². The number of esters is 1. The zero-order valence-corrected chi connectivity index (χ0v) is 11.4. The van der Waals surface area contributed by atoms with Crippen LogP contribution in [0.15, 0.2) is 54.6 Å². The Hall–Kier alpha value is -2.35. The van der Waals surface area contributed by atoms with Gasteiger partial charge in [0.25, 0.3) is 0 Å². The summed E-state index contributed by atoms with van der Waals surface area (Å²) >= 11 is 0. The number of carbonyl (C=O) groups excluding carboxylic acids is 1. The smallest absolute Gasteiger partial charge is 0.303 e. The van der Waals surface area contributed by atoms with Crippen molar-refractivity contribution in [2.75, 3.05) is 0 Å². The van der Waals surface area contributed by atoms with Crippen molar-refractivity contribution in [1.82, 2.24) is 0 Å². The van der Waals surface area contributed by atoms with Crippen LogP contribution in [0.5, 0.6) is 0 Å². The molecule has 0 amide bonds. The maximum absolute atomic E-state index is 11.2. The summed E-state index contributed by atoms with van der Waals surface area (Å²) in [6.45, 7) is 1.46. The van der Waals surface area contributed by atoms with E-state index in [0.717, 1.165) is 12.0 Å². The molecule has 20 heavy (non-hydrogen) atoms. The fourth-order valence-electron chi connectivity index (χ4n) is 2.68. The molecule has 1 aliphatic carbocycles. The lowest BCUT2D eigenvalue weighted by Crippen LogP contribution is -2.04. The van der Waals surface area contributed by atoms with Crippen molar-refractivity contribution in [3.8, 4) is 0 Å². The molecule has 0 aromatic heterocycles. The Labute approximate surface area is 118 Å². The Bertz CT molecular complexity index is 656. The molecule has 0 bridgehead atoms. The highest BCUT2D eigenvalue weighted by molar-refractivity contribution is 5.86. The van der Waals surface area contributed by atoms with E-state index in [1.165, 1.54) is 23.6 Å². The largest absolute Gasteiger partial charge is 0.457 e. The number of hydrogen-bond donors (Lipinski definition) is 0. The highest BCUT2D eigenvalue weighted by Gasteiger charge is 2.28. The molecule has 100 valence electrons. The van der Waals surface area contributed by atoms with Gasteiger partial charge >= 0.3 is 5.97 Å². The van der Waals surface area contributed by atoms with Gasteiger partial charge in [0.1, 0.15) is 6.10 Å². The molecule has 0 fully saturated rings. The van der Waals surface area contributed by atoms with Gasteiger partial charge in [0.05, 0.1) is 0 Å². The molecule has 2 aromatic carbocycles. The first-order valence-electron chi connectivity index (χ1n) is 6.76. The van der Waals surface area contributed by atoms with Crippen LogP contribution in [-0.4, -0.2) is 5.97 Å². The van der Waals surface area contributed by atoms with Crippen molar-refractivity contribution in [1.29, 1.82) is 0 Å². The molecule has 2 nitrogen and oxygen atoms in total. The van der Waals surface area contributed by atoms with Gasteiger partial charge in [-0.15, -0.1) is 0 Å². The molecule has 0 heterocycles. The molecule has 0 spiro atoms. The van der Waals surface area contributed by atoms with E-state index in [4.69, 9.17) is 4.74 Å². The van der Waals surface area contributed by atoms with Crippen molar-refractivity contribution in [2.24, 2.45) is 0 Å². The number of carbonyl (C=O) groups is 1. The van der Waals surface area contributed by atoms with E-state index in [-0.39, 0.29) is 12.1 Å². The van der Waals surface area contributed by atoms with E-state index < -0.39 is 0 Å². The van der Waals surface area contributed by atoms with E-state index in [2.05, 4.69) is 24.3 Å². The summed E-state index contributed by atoms with van der Waals surface area (Å²) in [6.07, 6.45) is 2.76. The van der Waals surface area contributed by atoms with Gasteiger partial charge in [-0.3, -0.25) is 4.79 Å². The van der Waals surface area contributed by atoms with Crippen LogP contribution in [0, 0.1) is 0 Å². The summed E-state index contributed by atoms with van der Waals surface area (Å²) in [7, 11) is 0. The third-order valence-electron chi connectivity index (χ3n) is 3.51. The minimum absolute atomic E-state index is 0.154. The number of fused-ring (bicyclic) bond motifs is 1. The highest BCUT2D eigenvalue weighted by Crippen LogP contribution is 2.42. The molecule has 2 aromatic rings. The number of benzene rings is 2. The summed E-state index contributed by atoms with van der Waals surface area (Å²) in [5, 5.41) is 0. The lowest BCUT2D eigenvalue weighted by Gasteiger charge is -2.10. The van der Waals surface area contributed by atoms with Crippen LogP contribution in [0.2, 0.25) is 0 Å². The molecule has 1 aliphatic rings. The molecule has 0 radical (unpaired) electrons. The summed E-state index contributed by atoms with van der Waals surface area (Å²) in [4.78, 5) is 11.2. The fraction of sp³-hybridized carbons (Fsp3) is 0.167. The van der Waals surface area contributed by atoms with Crippen LogP contribution in [-0.2, 0) is 9.53 Å². The van der Waals surface area contributed by atoms with Gasteiger partial charge in [0.15, 0.2) is 0 Å². The monoisotopic (exact) mass is 264 g/mol. The summed E-state index contributed by atoms with van der Waals surface area (Å²) in [5.74, 6) is -0.231. The molecule has 0 aliphatic heterocycles. The van der Waals surface area contributed by atoms with Gasteiger partial charge in [0.2, 0.25) is 0 Å². The zero-order valence-electron chi connectivity index (χ0n) is 11.4. The zero-order chi connectivity index (χ0) is 13.9. The minimum atomic E-state index is -0.231. The molecule has 0 saturated carbocycles. The Morgan fingerprint density at radius 3 is 2.55 bits per heavy atom. The second-order valence-corrected chi connectivity index (χ2v) is 4.97. The lowest BCUT2D eigenvalue weighted by molar-refractivity contribution is -0.146. The van der Waals surface area contributed by atoms with E-state index >= 15 is 0 Å². The quantitative estimate of drug-likeness (QED) is 0.758. The maximum Gasteiger partial charge on any atom is 0.303 e. The Morgan fingerprint density at radius 2 is 1.80 bits per heavy atom. The van der Waals surface area contributed by atoms with E-state index in [0.29, 0.717) is 0 Å². The van der Waals surface area contributed by atoms with Crippen molar-refractivity contribution < 1.29 is 9.53 Å². The third-order valence-corrected chi connectivity index (χ3v) is 3.51. The van der Waals surface area contributed by atoms with Gasteiger partial charge in [-0.2, -0.15) is 0 Å². The van der Waals surface area contributed by atoms with Gasteiger partial charge in [-0.25, -0.2) is 0 Å². The Balaban J connectivity index is 1.99. The normalized spacial score (nSPS) is 18.9. The van der Waals surface area contributed by atoms with Gasteiger partial charge in [-0.1, -0.05) is 60.7 Å². The second kappa shape index (κ2) is 5.33. The molecular weight excluding hydrogens is 248 g/mol. The standard InChI is InChI=1S/C18H16O2/c1-13(19)20-18-12-15(11-14-7-3-2-4-8-14)16-9-5-6-10-17(16)18/h2-11,18H,12H2,1H3/b15-11-. The van der Waals surface area contributed by atoms with Gasteiger partial charge < -0.3 is 4.74 Å². The lowest BCUT2D eigenvalue weighted by atomic mass is 10.0. The topological polar surface area (TPSA) is 26.3 Å². The van der Waals surface area contributed by atoms with Crippen molar-refractivity contribution >= 4 is 17.6 Å². The number of hydrogen-bond acceptors (Lipinski definition) is 2. The van der Waals surface area contributed by atoms with Crippen LogP contribution >= 0.6 is 0 Å². The Morgan fingerprint density at radius 1 is 1.10 bits per heavy atom. The molecule has 1 unspecified atom stereocenters. The molecule has 0 saturated heterocycles. The van der Waals surface area contributed by atoms with Crippen LogP contribution in [0.3, 0.4) is 0 Å². The minimum Gasteiger partial charge on any atom is -0.457 e. The fourth-order valence-corrected chi connectivity index (χ4v) is 2.68. The average Bonchev–Trinajstić information content (AvgIpc) is 2.78. The number of ether oxygens (including phenoxy) is 1. The van der Waals surface area contributed by atoms with Crippen molar-refractivity contribution in [3.05, 3.63) is 71.3 Å². The number of rotatable bonds is 2. The molecule has 3 rings (SSSR count). The average molecular weight is 264 g/mol. The molecule has 0 N–H and O–H groups in total. The predicted molar refractivity (Wildman–Crippen MR) is 79.9 cm³/mol. The maximum atomic E-state index is 11.2. The summed E-state index contributed by atoms with van der Waals surface area (Å²) < 4.78 is 5.43. The molecule has 1 atom stereocenters. The highest BCUT2D eigenvalue weighted by atomic mass is 16.5. The first-order valence-corrected chi connectivity index (χ1v) is 6.76. The summed E-state index contributed by atoms with van der Waals surface area (Å²) in [5.41, 5.74) is 4.67. The van der Waals surface area contributed by atoms with E-state index in [9.17, 15) is 4.79 Å². The Kier molecular flexibility index (Phi) is 3.38. The predicted octanol–water partition coefficient (Wildman–Crippen LogP) is 4.24. The second-order valence-electron chi connectivity index (χ2n) is 4.97. The van der Waals surface area contributed by atoms with Crippen LogP contribution in [0.1, 0.15) is 36.1 Å². The first-order chi connectivity index (χ1) is 9.74. The molecular formula is C18H16O2. The van der Waals surface area contributed by atoms with Gasteiger partial charge in [0, 0.05) is 18.9 Å². The van der Waals surface area contributed by atoms with Crippen LogP contribution in [0.4, 0.5) is 0 Å². The van der Waals surface area contributed by atoms with Crippen LogP contribution < -0.4 is 0 Å². The SMILES string of the molecule is CC(=O)OC1C/C(=C/c2ccccc2)c2ccccc21. The van der Waals surface area contributed by atoms with Crippen molar-refractivity contribution in [2.45, 2.75) is 19.4 Å². The van der Waals surface area contributed by atoms with E-state index in [1.54, 1.807) is 0 Å².